The molecule has 0 fully saturated rings. The number of hydrogen-bond donors (Lipinski definition) is 2. The number of nitrogens with zero attached hydrogens (tertiary/aromatic N) is 1. The molecule has 0 amide bonds. The second kappa shape index (κ2) is 12.6. The number of sulfonamides is 1. The first-order valence-electron chi connectivity index (χ1n) is 9.81. The Bertz CT molecular complexity index is 838. The predicted octanol–water partition coefficient (Wildman–Crippen LogP) is 3.00. The molecule has 0 saturated heterocycles. The number of hydrogen-bond acceptors (Lipinski definition) is 5. The summed E-state index contributed by atoms with van der Waals surface area (Å²) in [5.74, 6) is 0.602. The standard InChI is InChI=1S/C20H28N2O3S.C2H7N/c1-4-5-11-25-19-13-17(15-22(2)3)14-20(26(21,23)24)18(19)12-16-9-7-6-8-10-16;1-3-2/h6-10,13-14H,4-5,11-12,15H2,1-3H3,(H2,21,23,24);3H,1-2H3. The van der Waals surface area contributed by atoms with Crippen molar-refractivity contribution >= 4 is 10.0 Å². The van der Waals surface area contributed by atoms with E-state index in [-0.39, 0.29) is 4.90 Å². The van der Waals surface area contributed by atoms with E-state index in [1.54, 1.807) is 6.07 Å². The molecule has 7 heteroatoms. The Balaban J connectivity index is 0.00000132. The van der Waals surface area contributed by atoms with Crippen LogP contribution in [0, 0.1) is 0 Å². The fraction of sp³-hybridized carbons (Fsp3) is 0.455. The molecule has 6 nitrogen and oxygen atoms in total. The van der Waals surface area contributed by atoms with Crippen LogP contribution < -0.4 is 15.2 Å². The average molecular weight is 422 g/mol. The quantitative estimate of drug-likeness (QED) is 0.608. The minimum atomic E-state index is -3.86. The number of ether oxygens (including phenoxy) is 1. The van der Waals surface area contributed by atoms with E-state index in [1.165, 1.54) is 0 Å². The van der Waals surface area contributed by atoms with Crippen molar-refractivity contribution in [2.24, 2.45) is 5.14 Å². The zero-order valence-corrected chi connectivity index (χ0v) is 19.1. The van der Waals surface area contributed by atoms with Gasteiger partial charge in [-0.05, 0) is 57.9 Å². The third-order valence-corrected chi connectivity index (χ3v) is 4.99. The molecule has 0 bridgehead atoms. The third kappa shape index (κ3) is 8.95. The highest BCUT2D eigenvalue weighted by Crippen LogP contribution is 2.31. The molecule has 0 unspecified atom stereocenters. The smallest absolute Gasteiger partial charge is 0.238 e. The second-order valence-corrected chi connectivity index (χ2v) is 8.75. The van der Waals surface area contributed by atoms with Gasteiger partial charge in [-0.25, -0.2) is 13.6 Å². The van der Waals surface area contributed by atoms with E-state index in [4.69, 9.17) is 9.88 Å². The van der Waals surface area contributed by atoms with Gasteiger partial charge in [-0.15, -0.1) is 0 Å². The van der Waals surface area contributed by atoms with Crippen molar-refractivity contribution in [3.63, 3.8) is 0 Å². The highest BCUT2D eigenvalue weighted by atomic mass is 32.2. The van der Waals surface area contributed by atoms with Gasteiger partial charge in [0.05, 0.1) is 11.5 Å². The highest BCUT2D eigenvalue weighted by molar-refractivity contribution is 7.89. The number of primary sulfonamides is 1. The van der Waals surface area contributed by atoms with Crippen LogP contribution in [-0.4, -0.2) is 48.1 Å². The van der Waals surface area contributed by atoms with Crippen LogP contribution in [-0.2, 0) is 23.0 Å². The molecule has 2 aromatic carbocycles. The molecule has 0 heterocycles. The molecule has 0 spiro atoms. The Hall–Kier alpha value is -1.93. The maximum absolute atomic E-state index is 12.3. The van der Waals surface area contributed by atoms with Crippen molar-refractivity contribution in [1.29, 1.82) is 0 Å². The van der Waals surface area contributed by atoms with Gasteiger partial charge in [-0.3, -0.25) is 0 Å². The molecule has 0 atom stereocenters. The molecule has 2 aromatic rings. The average Bonchev–Trinajstić information content (AvgIpc) is 2.64. The van der Waals surface area contributed by atoms with E-state index in [0.29, 0.717) is 30.9 Å². The predicted molar refractivity (Wildman–Crippen MR) is 120 cm³/mol. The molecule has 3 N–H and O–H groups in total. The number of benzene rings is 2. The summed E-state index contributed by atoms with van der Waals surface area (Å²) in [6.07, 6.45) is 2.37. The van der Waals surface area contributed by atoms with Gasteiger partial charge in [0.2, 0.25) is 10.0 Å². The largest absolute Gasteiger partial charge is 0.493 e. The minimum Gasteiger partial charge on any atom is -0.493 e. The Kier molecular flexibility index (Phi) is 10.9. The Labute approximate surface area is 176 Å². The van der Waals surface area contributed by atoms with Crippen LogP contribution in [0.3, 0.4) is 0 Å². The lowest BCUT2D eigenvalue weighted by molar-refractivity contribution is 0.304. The van der Waals surface area contributed by atoms with E-state index in [0.717, 1.165) is 24.0 Å². The fourth-order valence-corrected chi connectivity index (χ4v) is 3.65. The number of nitrogens with two attached hydrogens (primary N) is 1. The van der Waals surface area contributed by atoms with Crippen LogP contribution in [0.2, 0.25) is 0 Å². The Morgan fingerprint density at radius 3 is 2.21 bits per heavy atom. The first-order chi connectivity index (χ1) is 13.7. The lowest BCUT2D eigenvalue weighted by Gasteiger charge is -2.18. The summed E-state index contributed by atoms with van der Waals surface area (Å²) < 4.78 is 30.5. The van der Waals surface area contributed by atoms with Crippen LogP contribution in [0.1, 0.15) is 36.5 Å². The van der Waals surface area contributed by atoms with E-state index in [2.05, 4.69) is 12.2 Å². The zero-order chi connectivity index (χ0) is 21.9. The Morgan fingerprint density at radius 1 is 1.07 bits per heavy atom. The summed E-state index contributed by atoms with van der Waals surface area (Å²) in [6, 6.07) is 13.3. The van der Waals surface area contributed by atoms with E-state index < -0.39 is 10.0 Å². The topological polar surface area (TPSA) is 84.7 Å². The molecule has 0 aliphatic heterocycles. The van der Waals surface area contributed by atoms with Crippen molar-refractivity contribution in [2.45, 2.75) is 37.6 Å². The van der Waals surface area contributed by atoms with E-state index in [9.17, 15) is 8.42 Å². The summed E-state index contributed by atoms with van der Waals surface area (Å²) in [5, 5.41) is 8.29. The molecule has 2 rings (SSSR count). The fourth-order valence-electron chi connectivity index (χ4n) is 2.81. The molecule has 0 radical (unpaired) electrons. The number of unbranched alkanes of at least 4 members (excludes halogenated alkanes) is 1. The van der Waals surface area contributed by atoms with E-state index >= 15 is 0 Å². The van der Waals surface area contributed by atoms with Crippen LogP contribution >= 0.6 is 0 Å². The summed E-state index contributed by atoms with van der Waals surface area (Å²) in [4.78, 5) is 2.13. The molecule has 29 heavy (non-hydrogen) atoms. The molecule has 0 aliphatic carbocycles. The molecule has 0 saturated carbocycles. The van der Waals surface area contributed by atoms with Gasteiger partial charge in [0.1, 0.15) is 5.75 Å². The van der Waals surface area contributed by atoms with Gasteiger partial charge in [0.15, 0.2) is 0 Å². The van der Waals surface area contributed by atoms with Gasteiger partial charge in [0.25, 0.3) is 0 Å². The SMILES string of the molecule is CCCCOc1cc(CN(C)C)cc(S(N)(=O)=O)c1Cc1ccccc1.CNC. The maximum Gasteiger partial charge on any atom is 0.238 e. The monoisotopic (exact) mass is 421 g/mol. The van der Waals surface area contributed by atoms with Crippen molar-refractivity contribution in [3.05, 3.63) is 59.2 Å². The normalized spacial score (nSPS) is 11.1. The van der Waals surface area contributed by atoms with Crippen LogP contribution in [0.5, 0.6) is 5.75 Å². The molecule has 0 aliphatic rings. The first kappa shape index (κ1) is 25.1. The van der Waals surface area contributed by atoms with Gasteiger partial charge >= 0.3 is 0 Å². The van der Waals surface area contributed by atoms with Gasteiger partial charge < -0.3 is 15.0 Å². The number of nitrogens with one attached hydrogen (secondary N) is 1. The summed E-state index contributed by atoms with van der Waals surface area (Å²) in [7, 11) is 3.76. The first-order valence-corrected chi connectivity index (χ1v) is 11.4. The third-order valence-electron chi connectivity index (χ3n) is 4.01. The van der Waals surface area contributed by atoms with Crippen LogP contribution in [0.4, 0.5) is 0 Å². The Morgan fingerprint density at radius 2 is 1.69 bits per heavy atom. The lowest BCUT2D eigenvalue weighted by Crippen LogP contribution is -2.18. The van der Waals surface area contributed by atoms with Gasteiger partial charge in [-0.2, -0.15) is 0 Å². The van der Waals surface area contributed by atoms with Crippen molar-refractivity contribution in [2.75, 3.05) is 34.8 Å². The molecule has 0 aromatic heterocycles. The van der Waals surface area contributed by atoms with Gasteiger partial charge in [-0.1, -0.05) is 43.7 Å². The molecule has 162 valence electrons. The minimum absolute atomic E-state index is 0.146. The maximum atomic E-state index is 12.3. The number of rotatable bonds is 9. The van der Waals surface area contributed by atoms with Crippen molar-refractivity contribution < 1.29 is 13.2 Å². The zero-order valence-electron chi connectivity index (χ0n) is 18.2. The summed E-state index contributed by atoms with van der Waals surface area (Å²) >= 11 is 0. The summed E-state index contributed by atoms with van der Waals surface area (Å²) in [6.45, 7) is 3.25. The van der Waals surface area contributed by atoms with Crippen LogP contribution in [0.25, 0.3) is 0 Å². The van der Waals surface area contributed by atoms with Crippen molar-refractivity contribution in [1.82, 2.24) is 10.2 Å². The molecular formula is C22H35N3O3S. The van der Waals surface area contributed by atoms with Crippen LogP contribution in [0.15, 0.2) is 47.4 Å². The summed E-state index contributed by atoms with van der Waals surface area (Å²) in [5.41, 5.74) is 2.50. The van der Waals surface area contributed by atoms with Crippen molar-refractivity contribution in [3.8, 4) is 5.75 Å². The second-order valence-electron chi connectivity index (χ2n) is 7.22. The highest BCUT2D eigenvalue weighted by Gasteiger charge is 2.21. The lowest BCUT2D eigenvalue weighted by atomic mass is 10.0. The molecular weight excluding hydrogens is 386 g/mol. The van der Waals surface area contributed by atoms with E-state index in [1.807, 2.05) is 69.5 Å². The van der Waals surface area contributed by atoms with Gasteiger partial charge in [0, 0.05) is 18.5 Å².